The topological polar surface area (TPSA) is 261 Å². The van der Waals surface area contributed by atoms with Gasteiger partial charge in [-0.3, -0.25) is 33.6 Å². The first-order valence-electron chi connectivity index (χ1n) is 7.24. The molecule has 0 aromatic carbocycles. The highest BCUT2D eigenvalue weighted by molar-refractivity contribution is 5.86. The summed E-state index contributed by atoms with van der Waals surface area (Å²) in [7, 11) is 0. The molecule has 14 heteroatoms. The average Bonchev–Trinajstić information content (AvgIpc) is 2.48. The minimum Gasteiger partial charge on any atom is -0.481 e. The quantitative estimate of drug-likeness (QED) is 0.203. The van der Waals surface area contributed by atoms with E-state index in [0.29, 0.717) is 0 Å². The van der Waals surface area contributed by atoms with Gasteiger partial charge in [0.05, 0.1) is 43.4 Å². The second-order valence-corrected chi connectivity index (χ2v) is 5.32. The molecule has 28 heavy (non-hydrogen) atoms. The molecule has 0 aromatic heterocycles. The summed E-state index contributed by atoms with van der Waals surface area (Å²) in [6.45, 7) is 0. The summed E-state index contributed by atoms with van der Waals surface area (Å²) < 4.78 is 0. The van der Waals surface area contributed by atoms with Gasteiger partial charge in [-0.05, 0) is 0 Å². The zero-order valence-electron chi connectivity index (χ0n) is 14.0. The van der Waals surface area contributed by atoms with Crippen LogP contribution in [-0.4, -0.2) is 77.5 Å². The fourth-order valence-electron chi connectivity index (χ4n) is 1.85. The van der Waals surface area contributed by atoms with Crippen LogP contribution in [0.1, 0.15) is 25.7 Å². The lowest BCUT2D eigenvalue weighted by Crippen LogP contribution is -2.33. The van der Waals surface area contributed by atoms with Crippen molar-refractivity contribution in [1.82, 2.24) is 0 Å². The Morgan fingerprint density at radius 2 is 0.679 bits per heavy atom. The van der Waals surface area contributed by atoms with Crippen molar-refractivity contribution in [3.63, 3.8) is 0 Å². The van der Waals surface area contributed by atoms with Crippen LogP contribution in [0.5, 0.6) is 0 Å². The maximum absolute atomic E-state index is 10.6. The number of carboxylic acid groups (broad SMARTS) is 7. The minimum atomic E-state index is -1.76. The molecule has 0 aliphatic rings. The number of carbonyl (C=O) groups is 7. The Kier molecular flexibility index (Phi) is 11.9. The maximum Gasteiger partial charge on any atom is 0.307 e. The van der Waals surface area contributed by atoms with Gasteiger partial charge in [-0.2, -0.15) is 0 Å². The monoisotopic (exact) mass is 410 g/mol. The molecule has 0 amide bonds. The molecule has 0 bridgehead atoms. The molecule has 158 valence electrons. The minimum absolute atomic E-state index is 0.665. The molecular weight excluding hydrogens is 392 g/mol. The van der Waals surface area contributed by atoms with Crippen molar-refractivity contribution < 1.29 is 69.3 Å². The van der Waals surface area contributed by atoms with Crippen molar-refractivity contribution in [1.29, 1.82) is 0 Å². The Morgan fingerprint density at radius 1 is 0.429 bits per heavy atom. The summed E-state index contributed by atoms with van der Waals surface area (Å²) in [4.78, 5) is 72.3. The number of hydrogen-bond donors (Lipinski definition) is 7. The summed E-state index contributed by atoms with van der Waals surface area (Å²) in [6, 6.07) is 0. The largest absolute Gasteiger partial charge is 0.481 e. The Labute approximate surface area is 155 Å². The fourth-order valence-corrected chi connectivity index (χ4v) is 1.85. The lowest BCUT2D eigenvalue weighted by Gasteiger charge is -2.16. The van der Waals surface area contributed by atoms with Crippen molar-refractivity contribution in [2.24, 2.45) is 17.8 Å². The molecule has 0 fully saturated rings. The van der Waals surface area contributed by atoms with Gasteiger partial charge in [0.2, 0.25) is 0 Å². The molecule has 0 aliphatic carbocycles. The zero-order valence-corrected chi connectivity index (χ0v) is 14.0. The van der Waals surface area contributed by atoms with E-state index >= 15 is 0 Å². The Morgan fingerprint density at radius 3 is 0.821 bits per heavy atom. The number of aliphatic carboxylic acids is 7. The van der Waals surface area contributed by atoms with Gasteiger partial charge in [0, 0.05) is 0 Å². The van der Waals surface area contributed by atoms with Crippen LogP contribution in [0.3, 0.4) is 0 Å². The van der Waals surface area contributed by atoms with Gasteiger partial charge in [0.25, 0.3) is 0 Å². The van der Waals surface area contributed by atoms with Gasteiger partial charge in [-0.1, -0.05) is 0 Å². The van der Waals surface area contributed by atoms with Gasteiger partial charge < -0.3 is 35.7 Å². The van der Waals surface area contributed by atoms with Gasteiger partial charge in [-0.15, -0.1) is 0 Å². The SMILES string of the molecule is O=C(O)CC(C(=O)O)C(CC(=O)O)C(=O)O.O=C(O)CC(CC(=O)O)C(=O)O. The van der Waals surface area contributed by atoms with E-state index in [1.165, 1.54) is 0 Å². The maximum atomic E-state index is 10.6. The van der Waals surface area contributed by atoms with E-state index < -0.39 is 85.2 Å². The number of carboxylic acids is 7. The van der Waals surface area contributed by atoms with Crippen molar-refractivity contribution in [3.8, 4) is 0 Å². The molecule has 7 N–H and O–H groups in total. The Balaban J connectivity index is 0. The van der Waals surface area contributed by atoms with Crippen LogP contribution < -0.4 is 0 Å². The van der Waals surface area contributed by atoms with Crippen molar-refractivity contribution in [2.75, 3.05) is 0 Å². The summed E-state index contributed by atoms with van der Waals surface area (Å²) in [5.41, 5.74) is 0. The highest BCUT2D eigenvalue weighted by Gasteiger charge is 2.37. The van der Waals surface area contributed by atoms with Gasteiger partial charge in [0.1, 0.15) is 0 Å². The third-order valence-corrected chi connectivity index (χ3v) is 3.10. The summed E-state index contributed by atoms with van der Waals surface area (Å²) in [6.07, 6.45) is -3.19. The van der Waals surface area contributed by atoms with E-state index in [-0.39, 0.29) is 0 Å². The normalized spacial score (nSPS) is 12.0. The van der Waals surface area contributed by atoms with Gasteiger partial charge in [-0.25, -0.2) is 0 Å². The molecule has 0 aliphatic heterocycles. The van der Waals surface area contributed by atoms with E-state index in [0.717, 1.165) is 0 Å². The first-order chi connectivity index (χ1) is 12.7. The van der Waals surface area contributed by atoms with Crippen LogP contribution in [0.15, 0.2) is 0 Å². The molecule has 0 saturated heterocycles. The molecule has 0 saturated carbocycles. The predicted octanol–water partition coefficient (Wildman–Crippen LogP) is -1.03. The van der Waals surface area contributed by atoms with Crippen LogP contribution >= 0.6 is 0 Å². The lowest BCUT2D eigenvalue weighted by molar-refractivity contribution is -0.160. The number of rotatable bonds is 12. The molecule has 0 rings (SSSR count). The predicted molar refractivity (Wildman–Crippen MR) is 82.4 cm³/mol. The summed E-state index contributed by atoms with van der Waals surface area (Å²) >= 11 is 0. The molecule has 0 radical (unpaired) electrons. The van der Waals surface area contributed by atoms with Crippen LogP contribution in [0, 0.1) is 17.8 Å². The van der Waals surface area contributed by atoms with Crippen molar-refractivity contribution in [2.45, 2.75) is 25.7 Å². The van der Waals surface area contributed by atoms with E-state index in [2.05, 4.69) is 0 Å². The van der Waals surface area contributed by atoms with Gasteiger partial charge >= 0.3 is 41.8 Å². The van der Waals surface area contributed by atoms with E-state index in [1.54, 1.807) is 0 Å². The second-order valence-electron chi connectivity index (χ2n) is 5.32. The standard InChI is InChI=1S/C8H10O8.C6H8O6/c9-5(10)1-3(7(13)14)4(8(15)16)2-6(11)12;7-4(8)1-3(6(11)12)2-5(9)10/h3-4H,1-2H2,(H,9,10)(H,11,12)(H,13,14)(H,15,16);3H,1-2H2,(H,7,8)(H,9,10)(H,11,12). The highest BCUT2D eigenvalue weighted by Crippen LogP contribution is 2.21. The Bertz CT molecular complexity index is 588. The highest BCUT2D eigenvalue weighted by atomic mass is 16.4. The molecule has 2 atom stereocenters. The van der Waals surface area contributed by atoms with Crippen LogP contribution in [0.2, 0.25) is 0 Å². The first-order valence-corrected chi connectivity index (χ1v) is 7.24. The third-order valence-electron chi connectivity index (χ3n) is 3.10. The molecule has 2 unspecified atom stereocenters. The van der Waals surface area contributed by atoms with E-state index in [1.807, 2.05) is 0 Å². The van der Waals surface area contributed by atoms with Crippen molar-refractivity contribution in [3.05, 3.63) is 0 Å². The fraction of sp³-hybridized carbons (Fsp3) is 0.500. The summed E-state index contributed by atoms with van der Waals surface area (Å²) in [5.74, 6) is -15.2. The Hall–Kier alpha value is -3.71. The average molecular weight is 410 g/mol. The van der Waals surface area contributed by atoms with Crippen LogP contribution in [0.25, 0.3) is 0 Å². The molecule has 0 heterocycles. The number of hydrogen-bond acceptors (Lipinski definition) is 7. The summed E-state index contributed by atoms with van der Waals surface area (Å²) in [5, 5.41) is 58.8. The first kappa shape index (κ1) is 26.5. The smallest absolute Gasteiger partial charge is 0.307 e. The van der Waals surface area contributed by atoms with Crippen LogP contribution in [0.4, 0.5) is 0 Å². The van der Waals surface area contributed by atoms with E-state index in [4.69, 9.17) is 35.7 Å². The van der Waals surface area contributed by atoms with Gasteiger partial charge in [0.15, 0.2) is 0 Å². The van der Waals surface area contributed by atoms with E-state index in [9.17, 15) is 33.6 Å². The van der Waals surface area contributed by atoms with Crippen molar-refractivity contribution >= 4 is 41.8 Å². The molecule has 0 spiro atoms. The molecular formula is C14H18O14. The lowest BCUT2D eigenvalue weighted by atomic mass is 9.87. The zero-order chi connectivity index (χ0) is 22.6. The molecule has 0 aromatic rings. The third kappa shape index (κ3) is 12.6. The molecule has 14 nitrogen and oxygen atoms in total. The van der Waals surface area contributed by atoms with Crippen LogP contribution in [-0.2, 0) is 33.6 Å². The second kappa shape index (κ2) is 12.6.